The maximum absolute atomic E-state index is 13.6. The lowest BCUT2D eigenvalue weighted by molar-refractivity contribution is -0.344. The van der Waals surface area contributed by atoms with E-state index < -0.39 is 40.6 Å². The van der Waals surface area contributed by atoms with E-state index in [2.05, 4.69) is 0 Å². The van der Waals surface area contributed by atoms with Crippen molar-refractivity contribution < 1.29 is 35.9 Å². The Morgan fingerprint density at radius 3 is 1.65 bits per heavy atom. The maximum Gasteiger partial charge on any atom is 0.272 e. The van der Waals surface area contributed by atoms with E-state index in [1.165, 1.54) is 0 Å². The molecule has 1 aromatic rings. The standard InChI is InChI=1S/C17H25F5O3Si/c1-3-23-17(25-26,24-4-2)10-8-6-5-7-9-11-12(18)14(20)16(22)15(21)13(11)19/h3-10H2,1-2,26H3. The molecule has 150 valence electrons. The third kappa shape index (κ3) is 5.73. The summed E-state index contributed by atoms with van der Waals surface area (Å²) < 4.78 is 83.0. The number of hydrogen-bond donors (Lipinski definition) is 0. The van der Waals surface area contributed by atoms with Gasteiger partial charge in [0.05, 0.1) is 0 Å². The molecule has 0 N–H and O–H groups in total. The summed E-state index contributed by atoms with van der Waals surface area (Å²) in [5.74, 6) is -10.5. The summed E-state index contributed by atoms with van der Waals surface area (Å²) in [5, 5.41) is 0. The van der Waals surface area contributed by atoms with Crippen molar-refractivity contribution in [2.75, 3.05) is 13.2 Å². The Labute approximate surface area is 153 Å². The molecule has 0 radical (unpaired) electrons. The van der Waals surface area contributed by atoms with Gasteiger partial charge in [0.2, 0.25) is 5.82 Å². The molecule has 0 aliphatic rings. The molecule has 0 aromatic heterocycles. The molecule has 0 amide bonds. The second kappa shape index (κ2) is 11.0. The van der Waals surface area contributed by atoms with Gasteiger partial charge in [0.25, 0.3) is 5.97 Å². The number of unbranched alkanes of at least 4 members (excludes halogenated alkanes) is 3. The fourth-order valence-electron chi connectivity index (χ4n) is 2.71. The molecule has 0 aliphatic heterocycles. The summed E-state index contributed by atoms with van der Waals surface area (Å²) in [4.78, 5) is 0. The zero-order valence-corrected chi connectivity index (χ0v) is 17.3. The summed E-state index contributed by atoms with van der Waals surface area (Å²) in [6, 6.07) is 0. The fourth-order valence-corrected chi connectivity index (χ4v) is 3.15. The summed E-state index contributed by atoms with van der Waals surface area (Å²) in [6.45, 7) is 4.53. The van der Waals surface area contributed by atoms with Gasteiger partial charge in [-0.3, -0.25) is 0 Å². The first-order chi connectivity index (χ1) is 12.3. The Hall–Kier alpha value is -1.03. The van der Waals surface area contributed by atoms with Crippen LogP contribution in [0.15, 0.2) is 0 Å². The molecule has 3 nitrogen and oxygen atoms in total. The molecule has 9 heteroatoms. The Morgan fingerprint density at radius 2 is 1.19 bits per heavy atom. The van der Waals surface area contributed by atoms with E-state index in [0.29, 0.717) is 55.8 Å². The molecule has 1 rings (SSSR count). The lowest BCUT2D eigenvalue weighted by Gasteiger charge is -2.31. The van der Waals surface area contributed by atoms with E-state index in [1.54, 1.807) is 0 Å². The van der Waals surface area contributed by atoms with Gasteiger partial charge in [-0.15, -0.1) is 0 Å². The largest absolute Gasteiger partial charge is 0.380 e. The van der Waals surface area contributed by atoms with Gasteiger partial charge in [-0.05, 0) is 33.1 Å². The third-order valence-corrected chi connectivity index (χ3v) is 4.62. The van der Waals surface area contributed by atoms with Crippen molar-refractivity contribution in [3.63, 3.8) is 0 Å². The van der Waals surface area contributed by atoms with Crippen LogP contribution >= 0.6 is 0 Å². The molecule has 0 saturated carbocycles. The molecular weight excluding hydrogens is 375 g/mol. The van der Waals surface area contributed by atoms with E-state index in [0.717, 1.165) is 0 Å². The highest BCUT2D eigenvalue weighted by Gasteiger charge is 2.30. The van der Waals surface area contributed by atoms with Crippen LogP contribution in [-0.4, -0.2) is 29.7 Å². The van der Waals surface area contributed by atoms with Gasteiger partial charge < -0.3 is 13.9 Å². The first-order valence-electron chi connectivity index (χ1n) is 8.66. The minimum atomic E-state index is -2.13. The second-order valence-electron chi connectivity index (χ2n) is 5.72. The van der Waals surface area contributed by atoms with Crippen LogP contribution in [0.2, 0.25) is 0 Å². The molecule has 0 unspecified atom stereocenters. The molecular formula is C17H25F5O3Si. The second-order valence-corrected chi connectivity index (χ2v) is 6.12. The van der Waals surface area contributed by atoms with Crippen LogP contribution in [0.25, 0.3) is 0 Å². The van der Waals surface area contributed by atoms with Crippen molar-refractivity contribution in [1.82, 2.24) is 0 Å². The summed E-state index contributed by atoms with van der Waals surface area (Å²) in [7, 11) is 0.438. The van der Waals surface area contributed by atoms with E-state index >= 15 is 0 Å². The van der Waals surface area contributed by atoms with Crippen LogP contribution in [0.5, 0.6) is 0 Å². The maximum atomic E-state index is 13.6. The van der Waals surface area contributed by atoms with Crippen molar-refractivity contribution in [1.29, 1.82) is 0 Å². The van der Waals surface area contributed by atoms with Crippen LogP contribution in [0.1, 0.15) is 51.5 Å². The van der Waals surface area contributed by atoms with Gasteiger partial charge in [0, 0.05) is 25.2 Å². The number of halogens is 5. The molecule has 0 aliphatic carbocycles. The topological polar surface area (TPSA) is 27.7 Å². The lowest BCUT2D eigenvalue weighted by Crippen LogP contribution is -2.38. The Morgan fingerprint density at radius 1 is 0.731 bits per heavy atom. The first kappa shape index (κ1) is 23.0. The van der Waals surface area contributed by atoms with Gasteiger partial charge in [0.1, 0.15) is 0 Å². The van der Waals surface area contributed by atoms with Gasteiger partial charge in [0.15, 0.2) is 33.8 Å². The highest BCUT2D eigenvalue weighted by molar-refractivity contribution is 5.98. The Balaban J connectivity index is 2.51. The van der Waals surface area contributed by atoms with Gasteiger partial charge in [-0.2, -0.15) is 0 Å². The number of ether oxygens (including phenoxy) is 2. The number of benzene rings is 1. The molecule has 0 atom stereocenters. The number of rotatable bonds is 12. The zero-order valence-electron chi connectivity index (χ0n) is 15.3. The predicted molar refractivity (Wildman–Crippen MR) is 90.0 cm³/mol. The van der Waals surface area contributed by atoms with E-state index in [-0.39, 0.29) is 6.42 Å². The third-order valence-electron chi connectivity index (χ3n) is 4.00. The van der Waals surface area contributed by atoms with Crippen LogP contribution in [0.4, 0.5) is 22.0 Å². The van der Waals surface area contributed by atoms with Crippen molar-refractivity contribution in [3.8, 4) is 0 Å². The average molecular weight is 400 g/mol. The van der Waals surface area contributed by atoms with Crippen LogP contribution in [-0.2, 0) is 20.3 Å². The molecule has 0 saturated heterocycles. The molecule has 0 bridgehead atoms. The zero-order chi connectivity index (χ0) is 19.7. The molecule has 0 spiro atoms. The van der Waals surface area contributed by atoms with Gasteiger partial charge in [-0.25, -0.2) is 22.0 Å². The lowest BCUT2D eigenvalue weighted by atomic mass is 10.0. The average Bonchev–Trinajstić information content (AvgIpc) is 2.63. The summed E-state index contributed by atoms with van der Waals surface area (Å²) in [5.41, 5.74) is -0.762. The van der Waals surface area contributed by atoms with E-state index in [4.69, 9.17) is 13.9 Å². The Kier molecular flexibility index (Phi) is 9.70. The van der Waals surface area contributed by atoms with Crippen LogP contribution in [0, 0.1) is 29.1 Å². The highest BCUT2D eigenvalue weighted by atomic mass is 28.2. The van der Waals surface area contributed by atoms with Crippen LogP contribution < -0.4 is 0 Å². The normalized spacial score (nSPS) is 12.1. The summed E-state index contributed by atoms with van der Waals surface area (Å²) in [6.07, 6.45) is 2.51. The highest BCUT2D eigenvalue weighted by Crippen LogP contribution is 2.26. The van der Waals surface area contributed by atoms with Crippen LogP contribution in [0.3, 0.4) is 0 Å². The SMILES string of the molecule is CCOC(CCCCCCc1c(F)c(F)c(F)c(F)c1F)(O[SiH3])OCC. The monoisotopic (exact) mass is 400 g/mol. The van der Waals surface area contributed by atoms with Crippen molar-refractivity contribution in [2.24, 2.45) is 0 Å². The molecule has 26 heavy (non-hydrogen) atoms. The summed E-state index contributed by atoms with van der Waals surface area (Å²) >= 11 is 0. The van der Waals surface area contributed by atoms with Crippen molar-refractivity contribution >= 4 is 10.5 Å². The fraction of sp³-hybridized carbons (Fsp3) is 0.647. The first-order valence-corrected chi connectivity index (χ1v) is 9.48. The predicted octanol–water partition coefficient (Wildman–Crippen LogP) is 3.90. The minimum absolute atomic E-state index is 0.217. The Bertz CT molecular complexity index is 551. The smallest absolute Gasteiger partial charge is 0.272 e. The van der Waals surface area contributed by atoms with Gasteiger partial charge >= 0.3 is 0 Å². The van der Waals surface area contributed by atoms with Crippen molar-refractivity contribution in [2.45, 2.75) is 58.3 Å². The molecule has 1 aromatic carbocycles. The minimum Gasteiger partial charge on any atom is -0.380 e. The number of hydrogen-bond acceptors (Lipinski definition) is 3. The van der Waals surface area contributed by atoms with E-state index in [1.807, 2.05) is 13.8 Å². The quantitative estimate of drug-likeness (QED) is 0.133. The molecule has 0 heterocycles. The molecule has 0 fully saturated rings. The van der Waals surface area contributed by atoms with Crippen molar-refractivity contribution in [3.05, 3.63) is 34.6 Å². The van der Waals surface area contributed by atoms with Gasteiger partial charge in [-0.1, -0.05) is 12.8 Å². The van der Waals surface area contributed by atoms with E-state index in [9.17, 15) is 22.0 Å².